The molecule has 5 heteroatoms. The normalized spacial score (nSPS) is 52.3. The Morgan fingerprint density at radius 1 is 1.36 bits per heavy atom. The van der Waals surface area contributed by atoms with E-state index in [0.29, 0.717) is 18.6 Å². The van der Waals surface area contributed by atoms with Crippen molar-refractivity contribution in [2.24, 2.45) is 28.4 Å². The summed E-state index contributed by atoms with van der Waals surface area (Å²) in [5.74, 6) is 0.429. The molecule has 0 unspecified atom stereocenters. The molecule has 0 aromatic rings. The van der Waals surface area contributed by atoms with Gasteiger partial charge in [0, 0.05) is 18.0 Å². The van der Waals surface area contributed by atoms with Gasteiger partial charge in [-0.05, 0) is 67.5 Å². The first-order chi connectivity index (χ1) is 11.7. The molecule has 0 spiro atoms. The van der Waals surface area contributed by atoms with E-state index in [0.717, 1.165) is 30.4 Å². The number of hydrogen-bond acceptors (Lipinski definition) is 4. The quantitative estimate of drug-likeness (QED) is 0.586. The Morgan fingerprint density at radius 2 is 2.08 bits per heavy atom. The highest BCUT2D eigenvalue weighted by Crippen LogP contribution is 2.64. The highest BCUT2D eigenvalue weighted by Gasteiger charge is 2.62. The standard InChI is InChI=1S/C20H31FN2O2/c1-19-5-4-11(24)6-10(19)7-15(25)16-12-8-13(21)18(22)20(12,2)9-14(23-3)17(16)19/h7,11-14,17-18,23-25H,4-6,8-9,22H2,1-3H3/t11-,12-,13+,14+,17-,18-,19-,20-/m0/s1. The average Bonchev–Trinajstić information content (AvgIpc) is 2.79. The first kappa shape index (κ1) is 17.5. The van der Waals surface area contributed by atoms with Crippen LogP contribution in [0, 0.1) is 22.7 Å². The fourth-order valence-corrected chi connectivity index (χ4v) is 6.51. The summed E-state index contributed by atoms with van der Waals surface area (Å²) in [6.07, 6.45) is 4.05. The van der Waals surface area contributed by atoms with Crippen LogP contribution in [-0.4, -0.2) is 41.6 Å². The summed E-state index contributed by atoms with van der Waals surface area (Å²) in [5.41, 5.74) is 8.00. The second-order valence-electron chi connectivity index (χ2n) is 9.24. The molecule has 0 aliphatic heterocycles. The molecule has 0 amide bonds. The van der Waals surface area contributed by atoms with E-state index in [2.05, 4.69) is 19.2 Å². The third kappa shape index (κ3) is 2.22. The van der Waals surface area contributed by atoms with Crippen molar-refractivity contribution in [3.05, 3.63) is 23.0 Å². The third-order valence-corrected chi connectivity index (χ3v) is 8.03. The molecule has 8 atom stereocenters. The Kier molecular flexibility index (Phi) is 3.88. The highest BCUT2D eigenvalue weighted by molar-refractivity contribution is 5.43. The van der Waals surface area contributed by atoms with Gasteiger partial charge in [-0.2, -0.15) is 0 Å². The minimum atomic E-state index is -1.02. The molecule has 0 saturated heterocycles. The number of hydrogen-bond donors (Lipinski definition) is 4. The molecular weight excluding hydrogens is 319 g/mol. The molecule has 4 nitrogen and oxygen atoms in total. The Hall–Kier alpha value is -0.910. The maximum absolute atomic E-state index is 14.6. The largest absolute Gasteiger partial charge is 0.508 e. The number of aliphatic hydroxyl groups excluding tert-OH is 2. The lowest BCUT2D eigenvalue weighted by molar-refractivity contribution is 0.0285. The minimum Gasteiger partial charge on any atom is -0.508 e. The molecule has 0 aromatic heterocycles. The van der Waals surface area contributed by atoms with E-state index in [1.807, 2.05) is 13.1 Å². The molecule has 0 heterocycles. The summed E-state index contributed by atoms with van der Waals surface area (Å²) in [4.78, 5) is 0. The fourth-order valence-electron chi connectivity index (χ4n) is 6.51. The second kappa shape index (κ2) is 5.54. The first-order valence-corrected chi connectivity index (χ1v) is 9.61. The van der Waals surface area contributed by atoms with Crippen molar-refractivity contribution < 1.29 is 14.6 Å². The summed E-state index contributed by atoms with van der Waals surface area (Å²) < 4.78 is 14.6. The van der Waals surface area contributed by atoms with E-state index in [1.54, 1.807) is 0 Å². The van der Waals surface area contributed by atoms with Crippen LogP contribution in [0.1, 0.15) is 46.0 Å². The van der Waals surface area contributed by atoms with Crippen LogP contribution in [0.15, 0.2) is 23.0 Å². The Bertz CT molecular complexity index is 648. The van der Waals surface area contributed by atoms with Gasteiger partial charge in [0.05, 0.1) is 6.10 Å². The van der Waals surface area contributed by atoms with Crippen LogP contribution in [0.2, 0.25) is 0 Å². The molecule has 5 N–H and O–H groups in total. The average molecular weight is 350 g/mol. The van der Waals surface area contributed by atoms with Gasteiger partial charge in [-0.15, -0.1) is 0 Å². The summed E-state index contributed by atoms with van der Waals surface area (Å²) in [5, 5.41) is 24.5. The molecule has 3 fully saturated rings. The van der Waals surface area contributed by atoms with Crippen molar-refractivity contribution in [2.75, 3.05) is 7.05 Å². The van der Waals surface area contributed by atoms with E-state index >= 15 is 0 Å². The Balaban J connectivity index is 1.86. The topological polar surface area (TPSA) is 78.5 Å². The van der Waals surface area contributed by atoms with E-state index < -0.39 is 12.2 Å². The summed E-state index contributed by atoms with van der Waals surface area (Å²) in [6.45, 7) is 4.35. The molecule has 0 aromatic carbocycles. The third-order valence-electron chi connectivity index (χ3n) is 8.03. The van der Waals surface area contributed by atoms with Crippen molar-refractivity contribution in [1.82, 2.24) is 5.32 Å². The lowest BCUT2D eigenvalue weighted by Crippen LogP contribution is -2.58. The van der Waals surface area contributed by atoms with Gasteiger partial charge in [0.15, 0.2) is 0 Å². The van der Waals surface area contributed by atoms with Crippen molar-refractivity contribution in [3.63, 3.8) is 0 Å². The number of alkyl halides is 1. The van der Waals surface area contributed by atoms with Crippen molar-refractivity contribution in [2.45, 2.75) is 70.3 Å². The number of aliphatic hydroxyl groups is 2. The van der Waals surface area contributed by atoms with Gasteiger partial charge < -0.3 is 21.3 Å². The molecule has 0 radical (unpaired) electrons. The SMILES string of the molecule is CN[C@@H]1C[C@@]2(C)[C@@H](C[C@@H](F)[C@@H]2N)C2=C(O)C=C3C[C@@H](O)CC[C@]3(C)[C@H]21. The summed E-state index contributed by atoms with van der Waals surface area (Å²) >= 11 is 0. The lowest BCUT2D eigenvalue weighted by atomic mass is 9.49. The monoisotopic (exact) mass is 350 g/mol. The zero-order chi connectivity index (χ0) is 18.1. The molecule has 140 valence electrons. The summed E-state index contributed by atoms with van der Waals surface area (Å²) in [7, 11) is 1.95. The predicted molar refractivity (Wildman–Crippen MR) is 95.7 cm³/mol. The van der Waals surface area contributed by atoms with E-state index in [1.165, 1.54) is 0 Å². The van der Waals surface area contributed by atoms with Crippen molar-refractivity contribution in [3.8, 4) is 0 Å². The minimum absolute atomic E-state index is 0.00595. The van der Waals surface area contributed by atoms with Crippen molar-refractivity contribution in [1.29, 1.82) is 0 Å². The Labute approximate surface area is 149 Å². The maximum atomic E-state index is 14.6. The highest BCUT2D eigenvalue weighted by atomic mass is 19.1. The van der Waals surface area contributed by atoms with Gasteiger partial charge in [0.1, 0.15) is 11.9 Å². The predicted octanol–water partition coefficient (Wildman–Crippen LogP) is 2.59. The second-order valence-corrected chi connectivity index (χ2v) is 9.24. The molecule has 0 bridgehead atoms. The van der Waals surface area contributed by atoms with Crippen LogP contribution in [0.3, 0.4) is 0 Å². The molecular formula is C20H31FN2O2. The number of fused-ring (bicyclic) bond motifs is 5. The van der Waals surface area contributed by atoms with Crippen LogP contribution in [0.5, 0.6) is 0 Å². The van der Waals surface area contributed by atoms with E-state index in [4.69, 9.17) is 5.73 Å². The van der Waals surface area contributed by atoms with Crippen LogP contribution < -0.4 is 11.1 Å². The maximum Gasteiger partial charge on any atom is 0.116 e. The first-order valence-electron chi connectivity index (χ1n) is 9.61. The zero-order valence-corrected chi connectivity index (χ0v) is 15.4. The smallest absolute Gasteiger partial charge is 0.116 e. The number of allylic oxidation sites excluding steroid dienone is 1. The van der Waals surface area contributed by atoms with E-state index in [-0.39, 0.29) is 34.8 Å². The lowest BCUT2D eigenvalue weighted by Gasteiger charge is -2.57. The molecule has 25 heavy (non-hydrogen) atoms. The van der Waals surface area contributed by atoms with E-state index in [9.17, 15) is 14.6 Å². The van der Waals surface area contributed by atoms with Gasteiger partial charge in [0.25, 0.3) is 0 Å². The number of nitrogens with two attached hydrogens (primary N) is 1. The van der Waals surface area contributed by atoms with Crippen molar-refractivity contribution >= 4 is 0 Å². The van der Waals surface area contributed by atoms with Crippen LogP contribution >= 0.6 is 0 Å². The van der Waals surface area contributed by atoms with Gasteiger partial charge in [-0.3, -0.25) is 0 Å². The van der Waals surface area contributed by atoms with Gasteiger partial charge >= 0.3 is 0 Å². The zero-order valence-electron chi connectivity index (χ0n) is 15.4. The van der Waals surface area contributed by atoms with Gasteiger partial charge in [0.2, 0.25) is 0 Å². The van der Waals surface area contributed by atoms with Gasteiger partial charge in [-0.25, -0.2) is 4.39 Å². The van der Waals surface area contributed by atoms with Crippen LogP contribution in [0.4, 0.5) is 4.39 Å². The molecule has 4 aliphatic carbocycles. The van der Waals surface area contributed by atoms with Crippen LogP contribution in [0.25, 0.3) is 0 Å². The Morgan fingerprint density at radius 3 is 2.76 bits per heavy atom. The number of halogens is 1. The van der Waals surface area contributed by atoms with Gasteiger partial charge in [-0.1, -0.05) is 19.4 Å². The number of rotatable bonds is 1. The fraction of sp³-hybridized carbons (Fsp3) is 0.800. The van der Waals surface area contributed by atoms with Crippen LogP contribution in [-0.2, 0) is 0 Å². The molecule has 3 saturated carbocycles. The number of nitrogens with one attached hydrogen (secondary N) is 1. The summed E-state index contributed by atoms with van der Waals surface area (Å²) in [6, 6.07) is -0.334. The molecule has 4 aliphatic rings. The molecule has 4 rings (SSSR count).